The molecule has 0 aliphatic rings. The van der Waals surface area contributed by atoms with Gasteiger partial charge in [-0.05, 0) is 23.7 Å². The van der Waals surface area contributed by atoms with Gasteiger partial charge in [0.15, 0.2) is 0 Å². The van der Waals surface area contributed by atoms with Crippen LogP contribution >= 0.6 is 0 Å². The van der Waals surface area contributed by atoms with Gasteiger partial charge in [0.05, 0.1) is 0 Å². The molecule has 2 heterocycles. The standard InChI is InChI=1S/C10H7N2.2O.Ru/c1-3-7-11-9(5-1)10-6-2-4-8-12-10;;;/h1-5,7-8H;;;/q-1;;;. The predicted molar refractivity (Wildman–Crippen MR) is 47.7 cm³/mol. The summed E-state index contributed by atoms with van der Waals surface area (Å²) >= 11 is -1.79. The Morgan fingerprint density at radius 3 is 2.33 bits per heavy atom. The normalized spacial score (nSPS) is 8.80. The Bertz CT molecular complexity index is 390. The van der Waals surface area contributed by atoms with Crippen LogP contribution in [-0.4, -0.2) is 9.97 Å². The van der Waals surface area contributed by atoms with Crippen LogP contribution in [0.4, 0.5) is 0 Å². The fourth-order valence-electron chi connectivity index (χ4n) is 0.968. The minimum absolute atomic E-state index is 0.790. The Kier molecular flexibility index (Phi) is 5.34. The third-order valence-corrected chi connectivity index (χ3v) is 1.51. The van der Waals surface area contributed by atoms with Gasteiger partial charge in [0.25, 0.3) is 0 Å². The number of rotatable bonds is 1. The van der Waals surface area contributed by atoms with Crippen LogP contribution in [-0.2, 0) is 24.2 Å². The number of nitrogens with zero attached hydrogens (tertiary/aromatic N) is 2. The largest absolute Gasteiger partial charge is 0.318 e. The zero-order chi connectivity index (χ0) is 10.9. The van der Waals surface area contributed by atoms with Crippen molar-refractivity contribution in [1.82, 2.24) is 9.97 Å². The topological polar surface area (TPSA) is 59.9 Å². The number of hydrogen-bond acceptors (Lipinski definition) is 4. The van der Waals surface area contributed by atoms with Gasteiger partial charge in [-0.15, -0.1) is 6.07 Å². The van der Waals surface area contributed by atoms with Crippen molar-refractivity contribution in [1.29, 1.82) is 0 Å². The maximum Gasteiger partial charge on any atom is 0.0125 e. The van der Waals surface area contributed by atoms with Gasteiger partial charge in [0, 0.05) is 6.20 Å². The van der Waals surface area contributed by atoms with E-state index in [2.05, 4.69) is 16.0 Å². The van der Waals surface area contributed by atoms with E-state index in [0.29, 0.717) is 0 Å². The second kappa shape index (κ2) is 6.90. The predicted octanol–water partition coefficient (Wildman–Crippen LogP) is 1.70. The molecule has 0 spiro atoms. The molecule has 0 N–H and O–H groups in total. The Hall–Kier alpha value is -1.48. The van der Waals surface area contributed by atoms with Gasteiger partial charge >= 0.3 is 24.2 Å². The molecular formula is C10H7N2O2Ru-. The first-order valence-electron chi connectivity index (χ1n) is 4.00. The molecule has 4 nitrogen and oxygen atoms in total. The Morgan fingerprint density at radius 2 is 1.80 bits per heavy atom. The van der Waals surface area contributed by atoms with Crippen molar-refractivity contribution in [2.45, 2.75) is 0 Å². The number of pyridine rings is 2. The van der Waals surface area contributed by atoms with Gasteiger partial charge in [-0.2, -0.15) is 12.1 Å². The minimum atomic E-state index is -1.79. The van der Waals surface area contributed by atoms with Crippen LogP contribution < -0.4 is 0 Å². The van der Waals surface area contributed by atoms with Gasteiger partial charge in [0.2, 0.25) is 0 Å². The van der Waals surface area contributed by atoms with E-state index in [9.17, 15) is 0 Å². The van der Waals surface area contributed by atoms with Gasteiger partial charge in [0.1, 0.15) is 0 Å². The van der Waals surface area contributed by atoms with E-state index < -0.39 is 17.0 Å². The van der Waals surface area contributed by atoms with Crippen LogP contribution in [0.2, 0.25) is 0 Å². The van der Waals surface area contributed by atoms with Crippen LogP contribution in [0.3, 0.4) is 0 Å². The monoisotopic (exact) mass is 289 g/mol. The zero-order valence-corrected chi connectivity index (χ0v) is 9.34. The van der Waals surface area contributed by atoms with Crippen LogP contribution in [0.25, 0.3) is 11.4 Å². The van der Waals surface area contributed by atoms with Crippen molar-refractivity contribution >= 4 is 0 Å². The number of aromatic nitrogens is 2. The SMILES string of the molecule is [O]=[Ru]=[O].[c-]1cccnc1-c1ccccn1. The van der Waals surface area contributed by atoms with Crippen molar-refractivity contribution in [2.75, 3.05) is 0 Å². The van der Waals surface area contributed by atoms with E-state index in [-0.39, 0.29) is 0 Å². The number of hydrogen-bond donors (Lipinski definition) is 0. The Labute approximate surface area is 94.5 Å². The summed E-state index contributed by atoms with van der Waals surface area (Å²) in [5.41, 5.74) is 1.65. The van der Waals surface area contributed by atoms with E-state index >= 15 is 0 Å². The molecule has 2 rings (SSSR count). The molecule has 0 atom stereocenters. The van der Waals surface area contributed by atoms with Crippen LogP contribution in [0.15, 0.2) is 42.7 Å². The molecule has 15 heavy (non-hydrogen) atoms. The van der Waals surface area contributed by atoms with Crippen molar-refractivity contribution in [3.63, 3.8) is 0 Å². The van der Waals surface area contributed by atoms with Gasteiger partial charge < -0.3 is 4.98 Å². The summed E-state index contributed by atoms with van der Waals surface area (Å²) in [6.45, 7) is 0. The summed E-state index contributed by atoms with van der Waals surface area (Å²) < 4.78 is 16.9. The molecule has 0 amide bonds. The van der Waals surface area contributed by atoms with Crippen molar-refractivity contribution in [2.24, 2.45) is 0 Å². The fourth-order valence-corrected chi connectivity index (χ4v) is 0.968. The molecule has 0 unspecified atom stereocenters. The summed E-state index contributed by atoms with van der Waals surface area (Å²) in [6, 6.07) is 12.4. The quantitative estimate of drug-likeness (QED) is 0.592. The summed E-state index contributed by atoms with van der Waals surface area (Å²) in [5, 5.41) is 0. The van der Waals surface area contributed by atoms with E-state index in [1.807, 2.05) is 30.3 Å². The molecule has 0 saturated heterocycles. The molecule has 0 saturated carbocycles. The van der Waals surface area contributed by atoms with Crippen LogP contribution in [0, 0.1) is 6.07 Å². The van der Waals surface area contributed by atoms with Crippen LogP contribution in [0.5, 0.6) is 0 Å². The molecule has 0 bridgehead atoms. The summed E-state index contributed by atoms with van der Waals surface area (Å²) in [4.78, 5) is 8.29. The smallest absolute Gasteiger partial charge is 0.0125 e. The summed E-state index contributed by atoms with van der Waals surface area (Å²) in [6.07, 6.45) is 3.48. The van der Waals surface area contributed by atoms with Gasteiger partial charge in [-0.1, -0.05) is 12.1 Å². The zero-order valence-electron chi connectivity index (χ0n) is 7.61. The maximum atomic E-state index is 8.46. The third-order valence-electron chi connectivity index (χ3n) is 1.51. The van der Waals surface area contributed by atoms with E-state index in [4.69, 9.17) is 7.15 Å². The van der Waals surface area contributed by atoms with Crippen molar-refractivity contribution < 1.29 is 24.2 Å². The van der Waals surface area contributed by atoms with Crippen LogP contribution in [0.1, 0.15) is 0 Å². The molecule has 5 heteroatoms. The molecule has 0 aliphatic heterocycles. The average Bonchev–Trinajstić information content (AvgIpc) is 2.32. The van der Waals surface area contributed by atoms with Gasteiger partial charge in [-0.25, -0.2) is 0 Å². The van der Waals surface area contributed by atoms with Crippen molar-refractivity contribution in [3.05, 3.63) is 48.8 Å². The second-order valence-electron chi connectivity index (χ2n) is 2.40. The first kappa shape index (κ1) is 11.6. The van der Waals surface area contributed by atoms with Gasteiger partial charge in [-0.3, -0.25) is 4.98 Å². The van der Waals surface area contributed by atoms with E-state index in [1.165, 1.54) is 0 Å². The summed E-state index contributed by atoms with van der Waals surface area (Å²) in [7, 11) is 0. The molecular weight excluding hydrogens is 281 g/mol. The molecule has 2 aromatic heterocycles. The molecule has 2 aromatic rings. The van der Waals surface area contributed by atoms with Crippen molar-refractivity contribution in [3.8, 4) is 11.4 Å². The molecule has 0 aliphatic carbocycles. The maximum absolute atomic E-state index is 8.46. The fraction of sp³-hybridized carbons (Fsp3) is 0. The molecule has 0 fully saturated rings. The first-order chi connectivity index (χ1) is 7.38. The van der Waals surface area contributed by atoms with E-state index in [1.54, 1.807) is 12.4 Å². The minimum Gasteiger partial charge on any atom is -0.318 e. The molecule has 0 aromatic carbocycles. The average molecular weight is 288 g/mol. The van der Waals surface area contributed by atoms with E-state index in [0.717, 1.165) is 11.4 Å². The Morgan fingerprint density at radius 1 is 1.07 bits per heavy atom. The third kappa shape index (κ3) is 4.04. The Balaban J connectivity index is 0.000000337. The molecule has 0 radical (unpaired) electrons. The first-order valence-corrected chi connectivity index (χ1v) is 5.42. The second-order valence-corrected chi connectivity index (χ2v) is 2.69. The molecule has 78 valence electrons. The summed E-state index contributed by atoms with van der Waals surface area (Å²) in [5.74, 6) is 0.